The van der Waals surface area contributed by atoms with Gasteiger partial charge in [-0.2, -0.15) is 0 Å². The molecule has 0 heterocycles. The van der Waals surface area contributed by atoms with Gasteiger partial charge in [-0.05, 0) is 97.8 Å². The maximum atomic E-state index is 13.9. The highest BCUT2D eigenvalue weighted by molar-refractivity contribution is 5.88. The van der Waals surface area contributed by atoms with Gasteiger partial charge in [-0.15, -0.1) is 0 Å². The van der Waals surface area contributed by atoms with Crippen molar-refractivity contribution in [1.29, 1.82) is 0 Å². The Balaban J connectivity index is 6.16. The summed E-state index contributed by atoms with van der Waals surface area (Å²) in [5.74, 6) is -4.24. The third-order valence-electron chi connectivity index (χ3n) is 15.7. The van der Waals surface area contributed by atoms with Crippen molar-refractivity contribution in [1.82, 2.24) is 78.1 Å². The number of carbonyl (C=O) groups excluding carboxylic acids is 15. The Morgan fingerprint density at radius 1 is 0.275 bits per heavy atom. The molecule has 35 nitrogen and oxygen atoms in total. The van der Waals surface area contributed by atoms with Crippen molar-refractivity contribution in [3.8, 4) is 0 Å². The van der Waals surface area contributed by atoms with E-state index in [4.69, 9.17) is 23.7 Å². The smallest absolute Gasteiger partial charge is 0.407 e. The maximum absolute atomic E-state index is 13.9. The average molecular weight is 1550 g/mol. The van der Waals surface area contributed by atoms with Crippen LogP contribution in [0.5, 0.6) is 0 Å². The number of carbonyl (C=O) groups is 15. The van der Waals surface area contributed by atoms with Crippen molar-refractivity contribution >= 4 is 89.5 Å². The molecule has 0 aliphatic heterocycles. The van der Waals surface area contributed by atoms with Crippen molar-refractivity contribution in [3.05, 3.63) is 50.6 Å². The van der Waals surface area contributed by atoms with Crippen LogP contribution in [0.4, 0.5) is 24.0 Å². The van der Waals surface area contributed by atoms with E-state index in [9.17, 15) is 71.9 Å². The van der Waals surface area contributed by atoms with Gasteiger partial charge in [0.15, 0.2) is 0 Å². The molecule has 0 rings (SSSR count). The topological polar surface area (TPSA) is 447 Å². The molecule has 618 valence electrons. The minimum atomic E-state index is -0.641. The lowest BCUT2D eigenvalue weighted by Gasteiger charge is -2.25. The summed E-state index contributed by atoms with van der Waals surface area (Å²) < 4.78 is 24.9. The molecule has 35 heteroatoms. The van der Waals surface area contributed by atoms with Crippen LogP contribution in [0, 0.1) is 0 Å². The lowest BCUT2D eigenvalue weighted by atomic mass is 10.1. The number of hydrogen-bond acceptors (Lipinski definition) is 20. The molecule has 0 saturated carbocycles. The predicted molar refractivity (Wildman–Crippen MR) is 409 cm³/mol. The molecule has 0 radical (unpaired) electrons. The molecule has 0 saturated heterocycles. The number of nitrogens with zero attached hydrogens (tertiary/aromatic N) is 4. The molecule has 109 heavy (non-hydrogen) atoms. The second kappa shape index (κ2) is 65.1. The number of rotatable bonds is 64. The Morgan fingerprint density at radius 2 is 0.495 bits per heavy atom. The third-order valence-corrected chi connectivity index (χ3v) is 15.7. The van der Waals surface area contributed by atoms with E-state index in [-0.39, 0.29) is 154 Å². The Hall–Kier alpha value is -9.99. The molecule has 0 unspecified atom stereocenters. The highest BCUT2D eigenvalue weighted by Gasteiger charge is 2.24. The van der Waals surface area contributed by atoms with E-state index < -0.39 is 91.1 Å². The Labute approximate surface area is 643 Å². The molecule has 0 aromatic heterocycles. The van der Waals surface area contributed by atoms with E-state index in [0.717, 1.165) is 6.42 Å². The van der Waals surface area contributed by atoms with Crippen LogP contribution in [-0.2, 0) is 71.6 Å². The largest absolute Gasteiger partial charge is 0.445 e. The Morgan fingerprint density at radius 3 is 0.743 bits per heavy atom. The molecule has 0 bridgehead atoms. The van der Waals surface area contributed by atoms with E-state index in [1.807, 2.05) is 0 Å². The molecule has 0 atom stereocenters. The summed E-state index contributed by atoms with van der Waals surface area (Å²) in [6, 6.07) is 0. The summed E-state index contributed by atoms with van der Waals surface area (Å²) in [5, 5.41) is 29.5. The minimum Gasteiger partial charge on any atom is -0.445 e. The van der Waals surface area contributed by atoms with Gasteiger partial charge in [0.25, 0.3) is 0 Å². The molecule has 0 spiro atoms. The van der Waals surface area contributed by atoms with Crippen LogP contribution >= 0.6 is 0 Å². The fourth-order valence-corrected chi connectivity index (χ4v) is 9.96. The Bertz CT molecular complexity index is 2790. The molecule has 15 amide bonds. The molecule has 0 fully saturated rings. The minimum absolute atomic E-state index is 0.0104. The van der Waals surface area contributed by atoms with Gasteiger partial charge in [0.2, 0.25) is 59.1 Å². The highest BCUT2D eigenvalue weighted by atomic mass is 16.6. The average Bonchev–Trinajstić information content (AvgIpc) is 0.908. The van der Waals surface area contributed by atoms with Crippen LogP contribution in [0.15, 0.2) is 50.6 Å². The maximum Gasteiger partial charge on any atom is 0.407 e. The zero-order valence-corrected chi connectivity index (χ0v) is 65.1. The van der Waals surface area contributed by atoms with Crippen molar-refractivity contribution in [2.75, 3.05) is 151 Å². The van der Waals surface area contributed by atoms with Gasteiger partial charge in [-0.3, -0.25) is 47.9 Å². The number of unbranched alkanes of at least 4 members (excludes halogenated alkanes) is 12. The molecule has 0 aliphatic rings. The first-order chi connectivity index (χ1) is 52.3. The number of alkyl carbamates (subject to hydrolysis) is 5. The summed E-state index contributed by atoms with van der Waals surface area (Å²) in [7, 11) is 1.42. The van der Waals surface area contributed by atoms with Crippen molar-refractivity contribution in [2.24, 2.45) is 0 Å². The van der Waals surface area contributed by atoms with Crippen molar-refractivity contribution in [3.63, 3.8) is 0 Å². The third kappa shape index (κ3) is 59.7. The van der Waals surface area contributed by atoms with Gasteiger partial charge in [0.1, 0.15) is 32.0 Å². The SMILES string of the molecule is C=CCOC(=O)NCCCCCC(=O)N(CCNC(=O)CN(CCNC(=O)CN(CCNC(=O)CN(CCNC(=O)CCCCCNC(=O)CCCCCNC(=O)OC(C)(C)C)C(=O)CCCCCNC(=O)OCC=C)C(=O)CCCCCNC(=O)OCC=C)C(=O)CCCCCNC(=O)OCC=C)CC(=O)NC. The number of amides is 15. The number of likely N-dealkylation sites (N-methyl/N-ethyl adjacent to an activating group) is 1. The quantitative estimate of drug-likeness (QED) is 0.0231. The fourth-order valence-electron chi connectivity index (χ4n) is 9.96. The van der Waals surface area contributed by atoms with Crippen LogP contribution in [0.1, 0.15) is 175 Å². The normalized spacial score (nSPS) is 10.6. The second-order valence-electron chi connectivity index (χ2n) is 26.2. The molecular weight excluding hydrogens is 1420 g/mol. The van der Waals surface area contributed by atoms with Crippen LogP contribution in [-0.4, -0.2) is 266 Å². The predicted octanol–water partition coefficient (Wildman–Crippen LogP) is 4.16. The van der Waals surface area contributed by atoms with Crippen LogP contribution in [0.3, 0.4) is 0 Å². The van der Waals surface area contributed by atoms with Crippen LogP contribution in [0.2, 0.25) is 0 Å². The summed E-state index contributed by atoms with van der Waals surface area (Å²) in [6.07, 6.45) is 13.2. The van der Waals surface area contributed by atoms with Crippen LogP contribution in [0.25, 0.3) is 0 Å². The standard InChI is InChI=1S/C74H127N15O20/c1-9-51-105-69(100)81-38-27-15-21-33-65(96)86(55-61(92)75-8)48-44-78-63(94)57-88(67(98)35-23-17-29-40-83-71(102)107-53-11-3)50-46-80-64(95)58-89(68(99)36-24-18-30-41-84-72(103)108-54-12-4)49-45-79-62(93)56-87(66(97)34-22-16-28-39-82-70(101)106-52-10-2)47-43-77-60(91)32-19-13-25-37-76-59(90)31-20-14-26-42-85-73(104)109-74(5,6)7/h9-12H,1-4,13-58H2,5-8H3,(H,75,92)(H,76,90)(H,77,91)(H,78,94)(H,79,93)(H,80,95)(H,81,100)(H,82,101)(H,83,102)(H,84,103)(H,85,104). The summed E-state index contributed by atoms with van der Waals surface area (Å²) in [4.78, 5) is 198. The fraction of sp³-hybridized carbons (Fsp3) is 0.689. The van der Waals surface area contributed by atoms with Crippen molar-refractivity contribution in [2.45, 2.75) is 180 Å². The van der Waals surface area contributed by atoms with Gasteiger partial charge < -0.3 is 102 Å². The molecule has 0 aromatic carbocycles. The number of hydrogen-bond donors (Lipinski definition) is 11. The molecule has 0 aromatic rings. The van der Waals surface area contributed by atoms with E-state index >= 15 is 0 Å². The summed E-state index contributed by atoms with van der Waals surface area (Å²) in [5.41, 5.74) is -0.587. The molecule has 0 aliphatic carbocycles. The van der Waals surface area contributed by atoms with E-state index in [2.05, 4.69) is 84.8 Å². The zero-order chi connectivity index (χ0) is 81.1. The van der Waals surface area contributed by atoms with Crippen LogP contribution < -0.4 is 58.5 Å². The lowest BCUT2D eigenvalue weighted by Crippen LogP contribution is -2.48. The lowest BCUT2D eigenvalue weighted by molar-refractivity contribution is -0.137. The highest BCUT2D eigenvalue weighted by Crippen LogP contribution is 2.11. The van der Waals surface area contributed by atoms with Crippen molar-refractivity contribution < 1.29 is 95.6 Å². The van der Waals surface area contributed by atoms with E-state index in [1.54, 1.807) is 20.8 Å². The molecule has 11 N–H and O–H groups in total. The number of nitrogens with one attached hydrogen (secondary N) is 11. The van der Waals surface area contributed by atoms with Gasteiger partial charge in [0.05, 0.1) is 26.2 Å². The summed E-state index contributed by atoms with van der Waals surface area (Å²) >= 11 is 0. The first-order valence-corrected chi connectivity index (χ1v) is 38.0. The second-order valence-corrected chi connectivity index (χ2v) is 26.2. The van der Waals surface area contributed by atoms with E-state index in [1.165, 1.54) is 51.0 Å². The van der Waals surface area contributed by atoms with Gasteiger partial charge >= 0.3 is 30.5 Å². The number of ether oxygens (including phenoxy) is 5. The molecular formula is C74H127N15O20. The monoisotopic (exact) mass is 1550 g/mol. The van der Waals surface area contributed by atoms with E-state index in [0.29, 0.717) is 142 Å². The van der Waals surface area contributed by atoms with Gasteiger partial charge in [-0.25, -0.2) is 24.0 Å². The van der Waals surface area contributed by atoms with Gasteiger partial charge in [-0.1, -0.05) is 89.1 Å². The van der Waals surface area contributed by atoms with Gasteiger partial charge in [0, 0.05) is 137 Å². The first kappa shape index (κ1) is 99.0. The summed E-state index contributed by atoms with van der Waals surface area (Å²) in [6.45, 7) is 19.2. The first-order valence-electron chi connectivity index (χ1n) is 38.0. The Kier molecular flexibility index (Phi) is 59.2. The zero-order valence-electron chi connectivity index (χ0n) is 65.1.